The van der Waals surface area contributed by atoms with E-state index in [0.29, 0.717) is 5.56 Å². The van der Waals surface area contributed by atoms with Crippen LogP contribution in [0.5, 0.6) is 0 Å². The molecule has 1 amide bonds. The lowest BCUT2D eigenvalue weighted by atomic mass is 10.2. The van der Waals surface area contributed by atoms with E-state index in [1.165, 1.54) is 12.1 Å². The molecule has 19 heavy (non-hydrogen) atoms. The molecular weight excluding hydrogens is 252 g/mol. The summed E-state index contributed by atoms with van der Waals surface area (Å²) in [6.45, 7) is 5.20. The summed E-state index contributed by atoms with van der Waals surface area (Å²) in [5, 5.41) is 10.6. The molecule has 104 valence electrons. The van der Waals surface area contributed by atoms with Crippen LogP contribution in [0.1, 0.15) is 26.3 Å². The number of nitro benzene ring substituents is 1. The first-order valence-corrected chi connectivity index (χ1v) is 5.62. The third-order valence-electron chi connectivity index (χ3n) is 1.91. The molecule has 0 atom stereocenters. The highest BCUT2D eigenvalue weighted by molar-refractivity contribution is 5.66. The number of benzene rings is 1. The summed E-state index contributed by atoms with van der Waals surface area (Å²) in [4.78, 5) is 26.2. The summed E-state index contributed by atoms with van der Waals surface area (Å²) in [7, 11) is 0. The first kappa shape index (κ1) is 14.9. The van der Waals surface area contributed by atoms with Gasteiger partial charge in [-0.1, -0.05) is 12.1 Å². The highest BCUT2D eigenvalue weighted by Gasteiger charge is 2.16. The lowest BCUT2D eigenvalue weighted by Gasteiger charge is -2.19. The molecule has 0 saturated carbocycles. The number of carbonyl (C=O) groups excluding carboxylic acids is 1. The molecule has 0 aliphatic heterocycles. The summed E-state index contributed by atoms with van der Waals surface area (Å²) < 4.78 is 4.95. The van der Waals surface area contributed by atoms with Crippen molar-refractivity contribution in [2.24, 2.45) is 0 Å². The van der Waals surface area contributed by atoms with E-state index in [1.807, 2.05) is 0 Å². The van der Waals surface area contributed by atoms with Crippen LogP contribution in [0.25, 0.3) is 0 Å². The van der Waals surface area contributed by atoms with E-state index in [1.54, 1.807) is 32.9 Å². The summed E-state index contributed by atoms with van der Waals surface area (Å²) in [6.07, 6.45) is -0.710. The molecule has 1 aromatic rings. The standard InChI is InChI=1S/C12H16N2O5/c1-12(2,3)19-11(15)13-18-8-9-5-4-6-10(7-9)14(16)17/h4-7H,8H2,1-3H3,(H,13,15). The number of hydrogen-bond donors (Lipinski definition) is 1. The zero-order valence-corrected chi connectivity index (χ0v) is 11.0. The number of hydrogen-bond acceptors (Lipinski definition) is 5. The third kappa shape index (κ3) is 5.82. The zero-order valence-electron chi connectivity index (χ0n) is 11.0. The predicted octanol–water partition coefficient (Wildman–Crippen LogP) is 2.55. The molecule has 0 spiro atoms. The molecular formula is C12H16N2O5. The fourth-order valence-corrected chi connectivity index (χ4v) is 1.24. The SMILES string of the molecule is CC(C)(C)OC(=O)NOCc1cccc([N+](=O)[O-])c1. The molecule has 0 unspecified atom stereocenters. The summed E-state index contributed by atoms with van der Waals surface area (Å²) >= 11 is 0. The molecule has 1 aromatic carbocycles. The number of nitro groups is 1. The maximum absolute atomic E-state index is 11.3. The van der Waals surface area contributed by atoms with Crippen LogP contribution < -0.4 is 5.48 Å². The molecule has 0 radical (unpaired) electrons. The molecule has 1 N–H and O–H groups in total. The largest absolute Gasteiger partial charge is 0.442 e. The van der Waals surface area contributed by atoms with Crippen LogP contribution in [0.3, 0.4) is 0 Å². The maximum atomic E-state index is 11.3. The van der Waals surface area contributed by atoms with Gasteiger partial charge in [-0.05, 0) is 26.3 Å². The summed E-state index contributed by atoms with van der Waals surface area (Å²) in [6, 6.07) is 5.95. The molecule has 7 heteroatoms. The second kappa shape index (κ2) is 6.14. The Morgan fingerprint density at radius 2 is 2.11 bits per heavy atom. The van der Waals surface area contributed by atoms with E-state index in [2.05, 4.69) is 5.48 Å². The Bertz CT molecular complexity index is 467. The van der Waals surface area contributed by atoms with Gasteiger partial charge in [-0.2, -0.15) is 5.48 Å². The monoisotopic (exact) mass is 268 g/mol. The summed E-state index contributed by atoms with van der Waals surface area (Å²) in [5.41, 5.74) is 2.04. The van der Waals surface area contributed by atoms with Gasteiger partial charge in [-0.15, -0.1) is 0 Å². The fraction of sp³-hybridized carbons (Fsp3) is 0.417. The van der Waals surface area contributed by atoms with Gasteiger partial charge in [0.2, 0.25) is 0 Å². The second-order valence-corrected chi connectivity index (χ2v) is 4.82. The van der Waals surface area contributed by atoms with E-state index in [9.17, 15) is 14.9 Å². The van der Waals surface area contributed by atoms with Crippen LogP contribution >= 0.6 is 0 Å². The minimum absolute atomic E-state index is 0.0148. The van der Waals surface area contributed by atoms with Crippen molar-refractivity contribution in [1.29, 1.82) is 0 Å². The quantitative estimate of drug-likeness (QED) is 0.669. The first-order valence-electron chi connectivity index (χ1n) is 5.62. The molecule has 0 aliphatic carbocycles. The van der Waals surface area contributed by atoms with E-state index >= 15 is 0 Å². The average Bonchev–Trinajstić information content (AvgIpc) is 2.27. The van der Waals surface area contributed by atoms with Crippen molar-refractivity contribution >= 4 is 11.8 Å². The van der Waals surface area contributed by atoms with Crippen molar-refractivity contribution in [2.75, 3.05) is 0 Å². The lowest BCUT2D eigenvalue weighted by molar-refractivity contribution is -0.385. The smallest absolute Gasteiger partial charge is 0.431 e. The lowest BCUT2D eigenvalue weighted by Crippen LogP contribution is -2.32. The van der Waals surface area contributed by atoms with Crippen LogP contribution in [0.2, 0.25) is 0 Å². The first-order chi connectivity index (χ1) is 8.78. The Kier molecular flexibility index (Phi) is 4.82. The summed E-state index contributed by atoms with van der Waals surface area (Å²) in [5.74, 6) is 0. The maximum Gasteiger partial charge on any atom is 0.431 e. The van der Waals surface area contributed by atoms with Crippen LogP contribution in [-0.2, 0) is 16.2 Å². The van der Waals surface area contributed by atoms with E-state index in [-0.39, 0.29) is 12.3 Å². The van der Waals surface area contributed by atoms with Gasteiger partial charge < -0.3 is 4.74 Å². The van der Waals surface area contributed by atoms with Gasteiger partial charge >= 0.3 is 6.09 Å². The minimum atomic E-state index is -0.710. The normalized spacial score (nSPS) is 10.9. The number of amides is 1. The number of non-ortho nitro benzene ring substituents is 1. The number of carbonyl (C=O) groups is 1. The van der Waals surface area contributed by atoms with E-state index < -0.39 is 16.6 Å². The number of nitrogens with one attached hydrogen (secondary N) is 1. The van der Waals surface area contributed by atoms with Crippen molar-refractivity contribution < 1.29 is 19.3 Å². The molecule has 0 fully saturated rings. The Labute approximate surface area is 110 Å². The van der Waals surface area contributed by atoms with Crippen LogP contribution in [0.15, 0.2) is 24.3 Å². The van der Waals surface area contributed by atoms with Gasteiger partial charge in [0.1, 0.15) is 12.2 Å². The Morgan fingerprint density at radius 1 is 1.42 bits per heavy atom. The molecule has 0 heterocycles. The van der Waals surface area contributed by atoms with Gasteiger partial charge in [0.25, 0.3) is 5.69 Å². The van der Waals surface area contributed by atoms with Crippen molar-refractivity contribution in [1.82, 2.24) is 5.48 Å². The molecule has 1 rings (SSSR count). The minimum Gasteiger partial charge on any atom is -0.442 e. The molecule has 0 saturated heterocycles. The number of hydroxylamine groups is 1. The predicted molar refractivity (Wildman–Crippen MR) is 67.3 cm³/mol. The second-order valence-electron chi connectivity index (χ2n) is 4.82. The van der Waals surface area contributed by atoms with Crippen molar-refractivity contribution in [3.8, 4) is 0 Å². The molecule has 7 nitrogen and oxygen atoms in total. The topological polar surface area (TPSA) is 90.7 Å². The Balaban J connectivity index is 2.43. The van der Waals surface area contributed by atoms with Crippen LogP contribution in [0, 0.1) is 10.1 Å². The van der Waals surface area contributed by atoms with E-state index in [0.717, 1.165) is 0 Å². The van der Waals surface area contributed by atoms with Crippen LogP contribution in [-0.4, -0.2) is 16.6 Å². The molecule has 0 bridgehead atoms. The highest BCUT2D eigenvalue weighted by Crippen LogP contribution is 2.13. The van der Waals surface area contributed by atoms with Gasteiger partial charge in [-0.3, -0.25) is 15.0 Å². The average molecular weight is 268 g/mol. The van der Waals surface area contributed by atoms with Crippen molar-refractivity contribution in [2.45, 2.75) is 33.0 Å². The van der Waals surface area contributed by atoms with Crippen molar-refractivity contribution in [3.63, 3.8) is 0 Å². The Morgan fingerprint density at radius 3 is 2.68 bits per heavy atom. The van der Waals surface area contributed by atoms with Gasteiger partial charge in [0.05, 0.1) is 4.92 Å². The van der Waals surface area contributed by atoms with Crippen molar-refractivity contribution in [3.05, 3.63) is 39.9 Å². The van der Waals surface area contributed by atoms with Crippen LogP contribution in [0.4, 0.5) is 10.5 Å². The highest BCUT2D eigenvalue weighted by atomic mass is 16.7. The van der Waals surface area contributed by atoms with Gasteiger partial charge in [0, 0.05) is 12.1 Å². The zero-order chi connectivity index (χ0) is 14.5. The van der Waals surface area contributed by atoms with E-state index in [4.69, 9.17) is 9.57 Å². The number of rotatable bonds is 4. The molecule has 0 aliphatic rings. The Hall–Kier alpha value is -2.15. The van der Waals surface area contributed by atoms with Gasteiger partial charge in [0.15, 0.2) is 0 Å². The van der Waals surface area contributed by atoms with Gasteiger partial charge in [-0.25, -0.2) is 4.79 Å². The fourth-order valence-electron chi connectivity index (χ4n) is 1.24. The third-order valence-corrected chi connectivity index (χ3v) is 1.91. The number of nitrogens with zero attached hydrogens (tertiary/aromatic N) is 1. The molecule has 0 aromatic heterocycles. The number of ether oxygens (including phenoxy) is 1.